The Bertz CT molecular complexity index is 385. The van der Waals surface area contributed by atoms with Crippen molar-refractivity contribution in [2.24, 2.45) is 4.99 Å². The second kappa shape index (κ2) is 7.75. The fraction of sp³-hybridized carbons (Fsp3) is 0.533. The summed E-state index contributed by atoms with van der Waals surface area (Å²) in [5.41, 5.74) is 2.67. The van der Waals surface area contributed by atoms with E-state index in [0.717, 1.165) is 19.0 Å². The molecule has 3 nitrogen and oxygen atoms in total. The normalized spacial score (nSPS) is 11.4. The van der Waals surface area contributed by atoms with Crippen LogP contribution >= 0.6 is 0 Å². The number of nitrogens with zero attached hydrogens (tertiary/aromatic N) is 2. The van der Waals surface area contributed by atoms with Crippen LogP contribution in [0.4, 0.5) is 0 Å². The molecular formula is C15H25N3. The van der Waals surface area contributed by atoms with Crippen molar-refractivity contribution < 1.29 is 0 Å². The molecule has 0 amide bonds. The van der Waals surface area contributed by atoms with Gasteiger partial charge in [0.25, 0.3) is 0 Å². The van der Waals surface area contributed by atoms with Gasteiger partial charge < -0.3 is 10.2 Å². The van der Waals surface area contributed by atoms with E-state index in [2.05, 4.69) is 60.4 Å². The molecule has 0 aliphatic heterocycles. The summed E-state index contributed by atoms with van der Waals surface area (Å²) in [6, 6.07) is 8.48. The van der Waals surface area contributed by atoms with Gasteiger partial charge in [0.15, 0.2) is 5.96 Å². The molecule has 1 aromatic rings. The van der Waals surface area contributed by atoms with Crippen LogP contribution in [0, 0.1) is 6.92 Å². The van der Waals surface area contributed by atoms with E-state index < -0.39 is 0 Å². The van der Waals surface area contributed by atoms with Crippen LogP contribution in [-0.4, -0.2) is 31.5 Å². The molecule has 0 atom stereocenters. The highest BCUT2D eigenvalue weighted by molar-refractivity contribution is 5.79. The fourth-order valence-electron chi connectivity index (χ4n) is 1.88. The van der Waals surface area contributed by atoms with Crippen LogP contribution in [0.2, 0.25) is 0 Å². The molecule has 100 valence electrons. The third kappa shape index (κ3) is 4.40. The van der Waals surface area contributed by atoms with Gasteiger partial charge in [-0.15, -0.1) is 0 Å². The van der Waals surface area contributed by atoms with Gasteiger partial charge in [-0.05, 0) is 24.5 Å². The quantitative estimate of drug-likeness (QED) is 0.492. The van der Waals surface area contributed by atoms with E-state index in [1.807, 2.05) is 7.05 Å². The van der Waals surface area contributed by atoms with Crippen LogP contribution in [0.3, 0.4) is 0 Å². The largest absolute Gasteiger partial charge is 0.356 e. The zero-order valence-corrected chi connectivity index (χ0v) is 12.0. The summed E-state index contributed by atoms with van der Waals surface area (Å²) in [5, 5.41) is 3.39. The van der Waals surface area contributed by atoms with Crippen LogP contribution in [0.15, 0.2) is 29.3 Å². The number of benzene rings is 1. The van der Waals surface area contributed by atoms with Crippen LogP contribution in [0.5, 0.6) is 0 Å². The number of aryl methyl sites for hydroxylation is 1. The molecule has 0 fully saturated rings. The van der Waals surface area contributed by atoms with Gasteiger partial charge in [-0.3, -0.25) is 4.99 Å². The molecule has 1 N–H and O–H groups in total. The summed E-state index contributed by atoms with van der Waals surface area (Å²) in [4.78, 5) is 6.48. The maximum Gasteiger partial charge on any atom is 0.193 e. The lowest BCUT2D eigenvalue weighted by Crippen LogP contribution is -2.38. The van der Waals surface area contributed by atoms with E-state index in [1.54, 1.807) is 0 Å². The van der Waals surface area contributed by atoms with Crippen molar-refractivity contribution in [2.75, 3.05) is 20.6 Å². The summed E-state index contributed by atoms with van der Waals surface area (Å²) in [7, 11) is 3.91. The Morgan fingerprint density at radius 3 is 2.67 bits per heavy atom. The molecule has 0 unspecified atom stereocenters. The summed E-state index contributed by atoms with van der Waals surface area (Å²) >= 11 is 0. The SMILES string of the molecule is CCCCNC(=NC)N(C)Cc1ccccc1C. The number of guanidine groups is 1. The number of hydrogen-bond donors (Lipinski definition) is 1. The van der Waals surface area contributed by atoms with Gasteiger partial charge >= 0.3 is 0 Å². The number of hydrogen-bond acceptors (Lipinski definition) is 1. The second-order valence-corrected chi connectivity index (χ2v) is 4.61. The lowest BCUT2D eigenvalue weighted by Gasteiger charge is -2.23. The monoisotopic (exact) mass is 247 g/mol. The Labute approximate surface area is 111 Å². The van der Waals surface area contributed by atoms with Crippen molar-refractivity contribution in [3.8, 4) is 0 Å². The van der Waals surface area contributed by atoms with E-state index in [0.29, 0.717) is 0 Å². The maximum absolute atomic E-state index is 4.32. The van der Waals surface area contributed by atoms with E-state index in [-0.39, 0.29) is 0 Å². The van der Waals surface area contributed by atoms with Crippen LogP contribution in [-0.2, 0) is 6.54 Å². The molecule has 0 bridgehead atoms. The van der Waals surface area contributed by atoms with Crippen molar-refractivity contribution in [3.63, 3.8) is 0 Å². The molecular weight excluding hydrogens is 222 g/mol. The lowest BCUT2D eigenvalue weighted by atomic mass is 10.1. The first kappa shape index (κ1) is 14.6. The predicted octanol–water partition coefficient (Wildman–Crippen LogP) is 2.80. The number of rotatable bonds is 5. The van der Waals surface area contributed by atoms with Gasteiger partial charge in [-0.2, -0.15) is 0 Å². The van der Waals surface area contributed by atoms with Crippen molar-refractivity contribution in [1.29, 1.82) is 0 Å². The third-order valence-corrected chi connectivity index (χ3v) is 3.06. The Morgan fingerprint density at radius 1 is 1.33 bits per heavy atom. The molecule has 0 aliphatic carbocycles. The van der Waals surface area contributed by atoms with Gasteiger partial charge in [-0.25, -0.2) is 0 Å². The maximum atomic E-state index is 4.32. The minimum Gasteiger partial charge on any atom is -0.356 e. The summed E-state index contributed by atoms with van der Waals surface area (Å²) in [5.74, 6) is 0.965. The third-order valence-electron chi connectivity index (χ3n) is 3.06. The van der Waals surface area contributed by atoms with Gasteiger partial charge in [0, 0.05) is 27.2 Å². The lowest BCUT2D eigenvalue weighted by molar-refractivity contribution is 0.474. The highest BCUT2D eigenvalue weighted by Crippen LogP contribution is 2.09. The van der Waals surface area contributed by atoms with Gasteiger partial charge in [-0.1, -0.05) is 37.6 Å². The Kier molecular flexibility index (Phi) is 6.26. The first-order chi connectivity index (χ1) is 8.69. The molecule has 0 saturated carbocycles. The van der Waals surface area contributed by atoms with E-state index >= 15 is 0 Å². The van der Waals surface area contributed by atoms with Gasteiger partial charge in [0.1, 0.15) is 0 Å². The molecule has 0 aromatic heterocycles. The van der Waals surface area contributed by atoms with Crippen molar-refractivity contribution in [2.45, 2.75) is 33.2 Å². The standard InChI is InChI=1S/C15H25N3/c1-5-6-11-17-15(16-3)18(4)12-14-10-8-7-9-13(14)2/h7-10H,5-6,11-12H2,1-4H3,(H,16,17). The minimum absolute atomic E-state index is 0.887. The number of nitrogens with one attached hydrogen (secondary N) is 1. The molecule has 3 heteroatoms. The Hall–Kier alpha value is -1.51. The van der Waals surface area contributed by atoms with Gasteiger partial charge in [0.05, 0.1) is 0 Å². The Balaban J connectivity index is 2.58. The van der Waals surface area contributed by atoms with Crippen molar-refractivity contribution >= 4 is 5.96 Å². The van der Waals surface area contributed by atoms with E-state index in [1.165, 1.54) is 24.0 Å². The number of aliphatic imine (C=N–C) groups is 1. The summed E-state index contributed by atoms with van der Waals surface area (Å²) < 4.78 is 0. The number of unbranched alkanes of at least 4 members (excludes halogenated alkanes) is 1. The minimum atomic E-state index is 0.887. The van der Waals surface area contributed by atoms with Crippen molar-refractivity contribution in [1.82, 2.24) is 10.2 Å². The molecule has 18 heavy (non-hydrogen) atoms. The molecule has 1 aromatic carbocycles. The topological polar surface area (TPSA) is 27.6 Å². The van der Waals surface area contributed by atoms with E-state index in [4.69, 9.17) is 0 Å². The zero-order chi connectivity index (χ0) is 13.4. The molecule has 0 aliphatic rings. The molecule has 0 radical (unpaired) electrons. The van der Waals surface area contributed by atoms with Crippen LogP contribution in [0.1, 0.15) is 30.9 Å². The average Bonchev–Trinajstić information content (AvgIpc) is 2.37. The first-order valence-corrected chi connectivity index (χ1v) is 6.65. The molecule has 0 saturated heterocycles. The molecule has 1 rings (SSSR count). The van der Waals surface area contributed by atoms with Crippen LogP contribution in [0.25, 0.3) is 0 Å². The molecule has 0 spiro atoms. The van der Waals surface area contributed by atoms with Crippen LogP contribution < -0.4 is 5.32 Å². The zero-order valence-electron chi connectivity index (χ0n) is 12.0. The Morgan fingerprint density at radius 2 is 2.06 bits per heavy atom. The predicted molar refractivity (Wildman–Crippen MR) is 78.9 cm³/mol. The average molecular weight is 247 g/mol. The van der Waals surface area contributed by atoms with E-state index in [9.17, 15) is 0 Å². The molecule has 0 heterocycles. The summed E-state index contributed by atoms with van der Waals surface area (Å²) in [6.07, 6.45) is 2.38. The van der Waals surface area contributed by atoms with Crippen molar-refractivity contribution in [3.05, 3.63) is 35.4 Å². The highest BCUT2D eigenvalue weighted by atomic mass is 15.3. The second-order valence-electron chi connectivity index (χ2n) is 4.61. The smallest absolute Gasteiger partial charge is 0.193 e. The fourth-order valence-corrected chi connectivity index (χ4v) is 1.88. The highest BCUT2D eigenvalue weighted by Gasteiger charge is 2.07. The first-order valence-electron chi connectivity index (χ1n) is 6.65. The van der Waals surface area contributed by atoms with Gasteiger partial charge in [0.2, 0.25) is 0 Å². The summed E-state index contributed by atoms with van der Waals surface area (Å²) in [6.45, 7) is 6.22.